The first-order valence-corrected chi connectivity index (χ1v) is 22.8. The molecule has 0 saturated carbocycles. The first-order valence-electron chi connectivity index (χ1n) is 21.3. The van der Waals surface area contributed by atoms with E-state index >= 15 is 0 Å². The molecule has 13 heteroatoms. The van der Waals surface area contributed by atoms with Gasteiger partial charge in [0, 0.05) is 12.8 Å². The molecule has 0 bridgehead atoms. The maximum Gasteiger partial charge on any atom is 1.00 e. The van der Waals surface area contributed by atoms with Gasteiger partial charge in [0.25, 0.3) is 7.82 Å². The van der Waals surface area contributed by atoms with E-state index in [2.05, 4.69) is 97.0 Å². The fourth-order valence-corrected chi connectivity index (χ4v) is 5.72. The summed E-state index contributed by atoms with van der Waals surface area (Å²) in [5.74, 6) is -2.74. The van der Waals surface area contributed by atoms with Gasteiger partial charge in [0.2, 0.25) is 0 Å². The molecule has 0 amide bonds. The van der Waals surface area contributed by atoms with Crippen molar-refractivity contribution in [2.75, 3.05) is 19.8 Å². The molecule has 0 aromatic heterocycles. The predicted octanol–water partition coefficient (Wildman–Crippen LogP) is 5.60. The van der Waals surface area contributed by atoms with E-state index in [1.165, 1.54) is 38.5 Å². The predicted molar refractivity (Wildman–Crippen MR) is 229 cm³/mol. The van der Waals surface area contributed by atoms with Crippen molar-refractivity contribution in [1.82, 2.24) is 0 Å². The maximum absolute atomic E-state index is 12.6. The van der Waals surface area contributed by atoms with E-state index in [1.807, 2.05) is 24.3 Å². The molecule has 0 radical (unpaired) electrons. The van der Waals surface area contributed by atoms with Crippen LogP contribution in [0.1, 0.15) is 142 Å². The average Bonchev–Trinajstić information content (AvgIpc) is 3.20. The summed E-state index contributed by atoms with van der Waals surface area (Å²) in [6, 6.07) is -1.44. The average molecular weight is 854 g/mol. The zero-order chi connectivity index (χ0) is 42.8. The first-order chi connectivity index (χ1) is 28.1. The minimum atomic E-state index is -4.99. The van der Waals surface area contributed by atoms with E-state index in [0.717, 1.165) is 51.4 Å². The SMILES string of the molecule is CCCCC/C=C\C/C=C\C/C=C\C/C=C\CCCC(=O)OC[C@H](COP(=O)([O-])OC[C@H]([NH3+])C(=O)[O-])OC(=O)CCC/C=C\C/C=C\C/C=C\C/C=C\CCCCC.[Na+]. The second-order valence-electron chi connectivity index (χ2n) is 13.8. The normalized spacial score (nSPS) is 14.4. The number of quaternary nitrogens is 1. The van der Waals surface area contributed by atoms with Crippen molar-refractivity contribution in [2.24, 2.45) is 0 Å². The summed E-state index contributed by atoms with van der Waals surface area (Å²) < 4.78 is 32.2. The number of ether oxygens (including phenoxy) is 2. The quantitative estimate of drug-likeness (QED) is 0.0270. The molecule has 0 spiro atoms. The number of carboxylic acids is 1. The van der Waals surface area contributed by atoms with Crippen molar-refractivity contribution in [3.8, 4) is 0 Å². The van der Waals surface area contributed by atoms with Crippen LogP contribution in [0, 0.1) is 0 Å². The minimum absolute atomic E-state index is 0. The molecule has 0 rings (SSSR count). The Bertz CT molecular complexity index is 1350. The molecule has 59 heavy (non-hydrogen) atoms. The molecule has 0 aliphatic heterocycles. The van der Waals surface area contributed by atoms with Gasteiger partial charge in [-0.3, -0.25) is 14.2 Å². The van der Waals surface area contributed by atoms with E-state index in [0.29, 0.717) is 25.7 Å². The van der Waals surface area contributed by atoms with E-state index in [1.54, 1.807) is 0 Å². The molecule has 0 fully saturated rings. The Morgan fingerprint density at radius 3 is 1.29 bits per heavy atom. The molecule has 3 atom stereocenters. The Morgan fingerprint density at radius 1 is 0.542 bits per heavy atom. The summed E-state index contributed by atoms with van der Waals surface area (Å²) in [7, 11) is -4.99. The summed E-state index contributed by atoms with van der Waals surface area (Å²) in [6.07, 6.45) is 50.4. The summed E-state index contributed by atoms with van der Waals surface area (Å²) in [5.41, 5.74) is 3.23. The van der Waals surface area contributed by atoms with Crippen LogP contribution in [-0.4, -0.2) is 49.9 Å². The molecule has 1 unspecified atom stereocenters. The Balaban J connectivity index is 0. The number of carbonyl (C=O) groups is 3. The molecule has 0 saturated heterocycles. The topological polar surface area (TPSA) is 179 Å². The van der Waals surface area contributed by atoms with E-state index < -0.39 is 57.7 Å². The number of rotatable bonds is 38. The molecule has 11 nitrogen and oxygen atoms in total. The second-order valence-corrected chi connectivity index (χ2v) is 15.2. The van der Waals surface area contributed by atoms with Crippen molar-refractivity contribution in [1.29, 1.82) is 0 Å². The maximum atomic E-state index is 12.6. The van der Waals surface area contributed by atoms with Gasteiger partial charge in [0.05, 0.1) is 6.61 Å². The third-order valence-corrected chi connectivity index (χ3v) is 9.26. The number of phosphoric acid groups is 1. The van der Waals surface area contributed by atoms with Crippen LogP contribution in [0.2, 0.25) is 0 Å². The van der Waals surface area contributed by atoms with Gasteiger partial charge in [0.15, 0.2) is 6.10 Å². The van der Waals surface area contributed by atoms with Crippen molar-refractivity contribution in [3.63, 3.8) is 0 Å². The third-order valence-electron chi connectivity index (χ3n) is 8.33. The van der Waals surface area contributed by atoms with Crippen molar-refractivity contribution in [3.05, 3.63) is 97.2 Å². The van der Waals surface area contributed by atoms with Crippen LogP contribution in [0.25, 0.3) is 0 Å². The molecule has 3 N–H and O–H groups in total. The van der Waals surface area contributed by atoms with Crippen LogP contribution >= 0.6 is 7.82 Å². The third kappa shape index (κ3) is 43.3. The van der Waals surface area contributed by atoms with Crippen LogP contribution in [0.15, 0.2) is 97.2 Å². The number of allylic oxidation sites excluding steroid dienone is 16. The number of carbonyl (C=O) groups excluding carboxylic acids is 3. The van der Waals surface area contributed by atoms with Gasteiger partial charge in [-0.05, 0) is 89.9 Å². The Kier molecular flexibility index (Phi) is 43.1. The number of carboxylic acid groups (broad SMARTS) is 1. The van der Waals surface area contributed by atoms with Crippen molar-refractivity contribution in [2.45, 2.75) is 154 Å². The van der Waals surface area contributed by atoms with Crippen LogP contribution in [0.5, 0.6) is 0 Å². The summed E-state index contributed by atoms with van der Waals surface area (Å²) >= 11 is 0. The fourth-order valence-electron chi connectivity index (χ4n) is 4.93. The van der Waals surface area contributed by atoms with Gasteiger partial charge in [-0.2, -0.15) is 0 Å². The molecule has 0 heterocycles. The summed E-state index contributed by atoms with van der Waals surface area (Å²) in [4.78, 5) is 48.0. The molecule has 0 aromatic rings. The second kappa shape index (κ2) is 43.5. The van der Waals surface area contributed by atoms with Crippen LogP contribution in [-0.2, 0) is 37.5 Å². The van der Waals surface area contributed by atoms with Gasteiger partial charge in [-0.15, -0.1) is 0 Å². The Labute approximate surface area is 377 Å². The monoisotopic (exact) mass is 853 g/mol. The van der Waals surface area contributed by atoms with Crippen LogP contribution in [0.4, 0.5) is 0 Å². The van der Waals surface area contributed by atoms with Crippen LogP contribution < -0.4 is 45.3 Å². The van der Waals surface area contributed by atoms with Gasteiger partial charge in [-0.25, -0.2) is 0 Å². The Morgan fingerprint density at radius 2 is 0.898 bits per heavy atom. The standard InChI is InChI=1S/C46H74NO10P.Na/c1-3-5-7-9-11-13-15-17-19-21-23-25-27-29-31-33-35-37-44(48)54-39-42(40-55-58(52,53)56-41-43(47)46(50)51)57-45(49)38-36-34-32-30-28-26-24-22-20-18-16-14-12-10-8-6-4-2;/h11-14,17-20,23-26,29-32,42-43H,3-10,15-16,21-22,27-28,33-41,47H2,1-2H3,(H,50,51)(H,52,53);/q;+1/p-1/b13-11-,14-12-,19-17-,20-18-,25-23-,26-24-,31-29-,32-30-;/t42-,43+;/m1./s1. The van der Waals surface area contributed by atoms with Crippen molar-refractivity contribution >= 4 is 25.7 Å². The van der Waals surface area contributed by atoms with E-state index in [-0.39, 0.29) is 42.4 Å². The zero-order valence-electron chi connectivity index (χ0n) is 36.4. The molecule has 328 valence electrons. The smallest absolute Gasteiger partial charge is 0.756 e. The van der Waals surface area contributed by atoms with E-state index in [9.17, 15) is 28.9 Å². The summed E-state index contributed by atoms with van der Waals surface area (Å²) in [6.45, 7) is 2.51. The number of phosphoric ester groups is 1. The number of esters is 2. The number of unbranched alkanes of at least 4 members (excludes halogenated alkanes) is 8. The molecule has 0 aliphatic carbocycles. The minimum Gasteiger partial charge on any atom is -0.756 e. The molecular formula is C46H73NNaO10P. The van der Waals surface area contributed by atoms with Crippen molar-refractivity contribution < 1.29 is 82.8 Å². The molecule has 0 aromatic carbocycles. The first kappa shape index (κ1) is 58.5. The fraction of sp³-hybridized carbons (Fsp3) is 0.587. The molecular weight excluding hydrogens is 780 g/mol. The number of hydrogen-bond acceptors (Lipinski definition) is 10. The van der Waals surface area contributed by atoms with Crippen LogP contribution in [0.3, 0.4) is 0 Å². The Hall–Kier alpha value is -2.60. The van der Waals surface area contributed by atoms with Gasteiger partial charge < -0.3 is 39.0 Å². The van der Waals surface area contributed by atoms with Gasteiger partial charge >= 0.3 is 41.5 Å². The van der Waals surface area contributed by atoms with Gasteiger partial charge in [-0.1, -0.05) is 137 Å². The largest absolute Gasteiger partial charge is 1.00 e. The van der Waals surface area contributed by atoms with Gasteiger partial charge in [0.1, 0.15) is 25.2 Å². The number of aliphatic carboxylic acids is 1. The van der Waals surface area contributed by atoms with E-state index in [4.69, 9.17) is 14.0 Å². The summed E-state index contributed by atoms with van der Waals surface area (Å²) in [5, 5.41) is 10.8. The molecule has 0 aliphatic rings. The zero-order valence-corrected chi connectivity index (χ0v) is 39.3. The number of hydrogen-bond donors (Lipinski definition) is 1.